The number of aromatic carboxylic acids is 1. The van der Waals surface area contributed by atoms with Gasteiger partial charge in [-0.3, -0.25) is 0 Å². The normalized spacial score (nSPS) is 16.2. The number of nitrogens with zero attached hydrogens (tertiary/aromatic N) is 1. The molecule has 1 aromatic heterocycles. The molecule has 2 aromatic rings. The van der Waals surface area contributed by atoms with Crippen LogP contribution < -0.4 is 4.72 Å². The Bertz CT molecular complexity index is 822. The summed E-state index contributed by atoms with van der Waals surface area (Å²) in [4.78, 5) is 18.2. The number of carbonyl (C=O) groups is 1. The Morgan fingerprint density at radius 2 is 2.09 bits per heavy atom. The van der Waals surface area contributed by atoms with Gasteiger partial charge in [-0.05, 0) is 37.0 Å². The van der Waals surface area contributed by atoms with Crippen LogP contribution in [0.3, 0.4) is 0 Å². The Kier molecular flexibility index (Phi) is 4.36. The van der Waals surface area contributed by atoms with E-state index in [9.17, 15) is 13.2 Å². The van der Waals surface area contributed by atoms with Crippen LogP contribution in [0.15, 0.2) is 18.2 Å². The summed E-state index contributed by atoms with van der Waals surface area (Å²) in [5.41, 5.74) is 1.35. The van der Waals surface area contributed by atoms with Gasteiger partial charge in [0.1, 0.15) is 5.82 Å². The lowest BCUT2D eigenvalue weighted by molar-refractivity contribution is 0.0697. The van der Waals surface area contributed by atoms with Crippen molar-refractivity contribution in [2.75, 3.05) is 5.75 Å². The summed E-state index contributed by atoms with van der Waals surface area (Å²) < 4.78 is 26.7. The fourth-order valence-electron chi connectivity index (χ4n) is 3.00. The highest BCUT2D eigenvalue weighted by Gasteiger charge is 2.22. The van der Waals surface area contributed by atoms with Gasteiger partial charge >= 0.3 is 5.97 Å². The molecule has 1 aliphatic carbocycles. The van der Waals surface area contributed by atoms with Crippen molar-refractivity contribution in [3.05, 3.63) is 29.6 Å². The van der Waals surface area contributed by atoms with Gasteiger partial charge in [-0.1, -0.05) is 12.8 Å². The van der Waals surface area contributed by atoms with E-state index in [0.29, 0.717) is 16.9 Å². The van der Waals surface area contributed by atoms with Crippen LogP contribution in [0, 0.1) is 5.92 Å². The summed E-state index contributed by atoms with van der Waals surface area (Å²) in [6, 6.07) is 4.56. The smallest absolute Gasteiger partial charge is 0.335 e. The molecular weight excluding hydrogens is 318 g/mol. The Morgan fingerprint density at radius 1 is 1.35 bits per heavy atom. The number of H-pyrrole nitrogens is 1. The molecule has 0 spiro atoms. The molecule has 3 rings (SSSR count). The average Bonchev–Trinajstić information content (AvgIpc) is 3.12. The van der Waals surface area contributed by atoms with Gasteiger partial charge in [0.05, 0.1) is 28.9 Å². The van der Waals surface area contributed by atoms with Crippen LogP contribution in [0.4, 0.5) is 0 Å². The van der Waals surface area contributed by atoms with Crippen LogP contribution in [-0.2, 0) is 16.6 Å². The second-order valence-electron chi connectivity index (χ2n) is 5.97. The average molecular weight is 337 g/mol. The second-order valence-corrected chi connectivity index (χ2v) is 7.83. The molecule has 3 N–H and O–H groups in total. The van der Waals surface area contributed by atoms with E-state index in [0.717, 1.165) is 25.7 Å². The van der Waals surface area contributed by atoms with E-state index in [-0.39, 0.29) is 23.8 Å². The summed E-state index contributed by atoms with van der Waals surface area (Å²) in [5.74, 6) is -0.129. The number of benzene rings is 1. The topological polar surface area (TPSA) is 112 Å². The van der Waals surface area contributed by atoms with Gasteiger partial charge in [0, 0.05) is 0 Å². The maximum absolute atomic E-state index is 12.1. The van der Waals surface area contributed by atoms with E-state index in [4.69, 9.17) is 5.11 Å². The van der Waals surface area contributed by atoms with Crippen molar-refractivity contribution >= 4 is 27.0 Å². The molecule has 1 heterocycles. The maximum atomic E-state index is 12.1. The highest BCUT2D eigenvalue weighted by molar-refractivity contribution is 7.89. The van der Waals surface area contributed by atoms with Crippen molar-refractivity contribution < 1.29 is 18.3 Å². The fraction of sp³-hybridized carbons (Fsp3) is 0.467. The predicted molar refractivity (Wildman–Crippen MR) is 85.6 cm³/mol. The highest BCUT2D eigenvalue weighted by Crippen LogP contribution is 2.25. The molecule has 8 heteroatoms. The number of hydrogen-bond acceptors (Lipinski definition) is 4. The quantitative estimate of drug-likeness (QED) is 0.745. The van der Waals surface area contributed by atoms with Gasteiger partial charge in [-0.15, -0.1) is 0 Å². The minimum Gasteiger partial charge on any atom is -0.478 e. The molecule has 23 heavy (non-hydrogen) atoms. The predicted octanol–water partition coefficient (Wildman–Crippen LogP) is 1.87. The minimum atomic E-state index is -3.33. The molecule has 0 radical (unpaired) electrons. The number of carboxylic acid groups (broad SMARTS) is 1. The molecule has 1 fully saturated rings. The summed E-state index contributed by atoms with van der Waals surface area (Å²) in [7, 11) is -3.33. The lowest BCUT2D eigenvalue weighted by Gasteiger charge is -2.10. The SMILES string of the molecule is O=C(O)c1ccc2nc(CNS(=O)(=O)CC3CCCC3)[nH]c2c1. The first-order chi connectivity index (χ1) is 10.9. The molecule has 0 amide bonds. The zero-order valence-electron chi connectivity index (χ0n) is 12.6. The number of rotatable bonds is 6. The molecule has 0 unspecified atom stereocenters. The summed E-state index contributed by atoms with van der Waals surface area (Å²) in [5, 5.41) is 8.97. The number of nitrogens with one attached hydrogen (secondary N) is 2. The minimum absolute atomic E-state index is 0.0755. The number of aromatic amines is 1. The molecule has 0 aliphatic heterocycles. The molecule has 1 aromatic carbocycles. The van der Waals surface area contributed by atoms with E-state index in [1.807, 2.05) is 0 Å². The number of fused-ring (bicyclic) bond motifs is 1. The van der Waals surface area contributed by atoms with E-state index in [1.165, 1.54) is 12.1 Å². The maximum Gasteiger partial charge on any atom is 0.335 e. The van der Waals surface area contributed by atoms with Crippen molar-refractivity contribution in [2.24, 2.45) is 5.92 Å². The van der Waals surface area contributed by atoms with Crippen LogP contribution in [-0.4, -0.2) is 35.2 Å². The molecule has 1 aliphatic rings. The third-order valence-corrected chi connectivity index (χ3v) is 5.66. The first-order valence-electron chi connectivity index (χ1n) is 7.62. The molecule has 7 nitrogen and oxygen atoms in total. The number of aromatic nitrogens is 2. The van der Waals surface area contributed by atoms with Crippen LogP contribution in [0.2, 0.25) is 0 Å². The number of carboxylic acids is 1. The van der Waals surface area contributed by atoms with Gasteiger partial charge in [0.25, 0.3) is 0 Å². The van der Waals surface area contributed by atoms with Crippen molar-refractivity contribution in [2.45, 2.75) is 32.2 Å². The van der Waals surface area contributed by atoms with E-state index < -0.39 is 16.0 Å². The van der Waals surface area contributed by atoms with Crippen LogP contribution in [0.5, 0.6) is 0 Å². The van der Waals surface area contributed by atoms with Crippen LogP contribution in [0.25, 0.3) is 11.0 Å². The molecule has 0 bridgehead atoms. The second kappa shape index (κ2) is 6.29. The van der Waals surface area contributed by atoms with Gasteiger partial charge in [0.2, 0.25) is 10.0 Å². The summed E-state index contributed by atoms with van der Waals surface area (Å²) in [6.45, 7) is 0.0755. The molecular formula is C15H19N3O4S. The van der Waals surface area contributed by atoms with Gasteiger partial charge in [0.15, 0.2) is 0 Å². The zero-order valence-corrected chi connectivity index (χ0v) is 13.4. The Hall–Kier alpha value is -1.93. The first kappa shape index (κ1) is 15.9. The molecule has 0 saturated heterocycles. The Labute approximate surface area is 134 Å². The van der Waals surface area contributed by atoms with Gasteiger partial charge < -0.3 is 10.1 Å². The van der Waals surface area contributed by atoms with Crippen molar-refractivity contribution in [1.29, 1.82) is 0 Å². The fourth-order valence-corrected chi connectivity index (χ4v) is 4.43. The Morgan fingerprint density at radius 3 is 2.78 bits per heavy atom. The van der Waals surface area contributed by atoms with E-state index >= 15 is 0 Å². The van der Waals surface area contributed by atoms with Crippen molar-refractivity contribution in [3.8, 4) is 0 Å². The highest BCUT2D eigenvalue weighted by atomic mass is 32.2. The van der Waals surface area contributed by atoms with Crippen LogP contribution in [0.1, 0.15) is 41.9 Å². The zero-order chi connectivity index (χ0) is 16.4. The van der Waals surface area contributed by atoms with Gasteiger partial charge in [-0.25, -0.2) is 22.9 Å². The standard InChI is InChI=1S/C15H19N3O4S/c19-15(20)11-5-6-12-13(7-11)18-14(17-12)8-16-23(21,22)9-10-3-1-2-4-10/h5-7,10,16H,1-4,8-9H2,(H,17,18)(H,19,20). The molecule has 124 valence electrons. The molecule has 0 atom stereocenters. The lowest BCUT2D eigenvalue weighted by atomic mass is 10.1. The van der Waals surface area contributed by atoms with Crippen molar-refractivity contribution in [1.82, 2.24) is 14.7 Å². The largest absolute Gasteiger partial charge is 0.478 e. The van der Waals surface area contributed by atoms with Crippen molar-refractivity contribution in [3.63, 3.8) is 0 Å². The van der Waals surface area contributed by atoms with E-state index in [1.54, 1.807) is 6.07 Å². The third-order valence-electron chi connectivity index (χ3n) is 4.17. The Balaban J connectivity index is 1.67. The lowest BCUT2D eigenvalue weighted by Crippen LogP contribution is -2.29. The summed E-state index contributed by atoms with van der Waals surface area (Å²) in [6.07, 6.45) is 4.17. The monoisotopic (exact) mass is 337 g/mol. The third kappa shape index (κ3) is 3.89. The first-order valence-corrected chi connectivity index (χ1v) is 9.27. The number of imidazole rings is 1. The number of sulfonamides is 1. The number of hydrogen-bond donors (Lipinski definition) is 3. The molecule has 1 saturated carbocycles. The van der Waals surface area contributed by atoms with Gasteiger partial charge in [-0.2, -0.15) is 0 Å². The van der Waals surface area contributed by atoms with E-state index in [2.05, 4.69) is 14.7 Å². The summed E-state index contributed by atoms with van der Waals surface area (Å²) >= 11 is 0. The van der Waals surface area contributed by atoms with Crippen LogP contribution >= 0.6 is 0 Å².